The molecule has 0 atom stereocenters. The molecule has 0 rings (SSSR count). The summed E-state index contributed by atoms with van der Waals surface area (Å²) in [4.78, 5) is 4.34. The maximum atomic E-state index is 4.34. The van der Waals surface area contributed by atoms with Gasteiger partial charge in [-0.25, -0.2) is 0 Å². The fraction of sp³-hybridized carbons (Fsp3) is 0.769. The standard InChI is InChI=1S/C13H25N/c1-4-6-8-9-10-13(3)12-14-11-7-5-2/h11H,3-10,12H2,1-2H3. The first-order valence-corrected chi connectivity index (χ1v) is 5.96. The number of nitrogens with zero attached hydrogens (tertiary/aromatic N) is 1. The lowest BCUT2D eigenvalue weighted by atomic mass is 10.1. The van der Waals surface area contributed by atoms with Crippen LogP contribution in [0.5, 0.6) is 0 Å². The number of aliphatic imine (C=N–C) groups is 1. The van der Waals surface area contributed by atoms with Crippen molar-refractivity contribution < 1.29 is 0 Å². The van der Waals surface area contributed by atoms with Crippen molar-refractivity contribution in [2.24, 2.45) is 4.99 Å². The van der Waals surface area contributed by atoms with Crippen LogP contribution >= 0.6 is 0 Å². The van der Waals surface area contributed by atoms with E-state index in [0.29, 0.717) is 0 Å². The third-order valence-corrected chi connectivity index (χ3v) is 2.25. The lowest BCUT2D eigenvalue weighted by Gasteiger charge is -2.01. The molecule has 1 heteroatoms. The SMILES string of the molecule is C=C(CCCCCC)CN=CCCC. The van der Waals surface area contributed by atoms with Gasteiger partial charge in [-0.3, -0.25) is 4.99 Å². The van der Waals surface area contributed by atoms with Crippen LogP contribution in [0, 0.1) is 0 Å². The molecule has 0 heterocycles. The Bertz CT molecular complexity index is 159. The molecule has 0 amide bonds. The number of unbranched alkanes of at least 4 members (excludes halogenated alkanes) is 4. The molecule has 0 aromatic carbocycles. The Kier molecular flexibility index (Phi) is 10.0. The van der Waals surface area contributed by atoms with Crippen molar-refractivity contribution in [2.45, 2.75) is 58.8 Å². The van der Waals surface area contributed by atoms with Gasteiger partial charge >= 0.3 is 0 Å². The molecule has 0 N–H and O–H groups in total. The molecule has 82 valence electrons. The lowest BCUT2D eigenvalue weighted by molar-refractivity contribution is 0.661. The van der Waals surface area contributed by atoms with Crippen LogP contribution < -0.4 is 0 Å². The van der Waals surface area contributed by atoms with E-state index < -0.39 is 0 Å². The van der Waals surface area contributed by atoms with Crippen LogP contribution in [0.25, 0.3) is 0 Å². The van der Waals surface area contributed by atoms with E-state index in [0.717, 1.165) is 19.4 Å². The minimum Gasteiger partial charge on any atom is -0.293 e. The van der Waals surface area contributed by atoms with E-state index in [1.165, 1.54) is 37.7 Å². The minimum absolute atomic E-state index is 0.839. The zero-order valence-electron chi connectivity index (χ0n) is 9.89. The average molecular weight is 195 g/mol. The fourth-order valence-electron chi connectivity index (χ4n) is 1.29. The highest BCUT2D eigenvalue weighted by molar-refractivity contribution is 5.57. The zero-order chi connectivity index (χ0) is 10.6. The fourth-order valence-corrected chi connectivity index (χ4v) is 1.29. The molecule has 0 fully saturated rings. The summed E-state index contributed by atoms with van der Waals surface area (Å²) < 4.78 is 0. The van der Waals surface area contributed by atoms with Crippen LogP contribution in [0.3, 0.4) is 0 Å². The Morgan fingerprint density at radius 1 is 1.14 bits per heavy atom. The van der Waals surface area contributed by atoms with E-state index in [2.05, 4.69) is 25.4 Å². The van der Waals surface area contributed by atoms with Gasteiger partial charge < -0.3 is 0 Å². The van der Waals surface area contributed by atoms with Crippen LogP contribution in [-0.2, 0) is 0 Å². The van der Waals surface area contributed by atoms with Crippen molar-refractivity contribution in [1.29, 1.82) is 0 Å². The maximum absolute atomic E-state index is 4.34. The topological polar surface area (TPSA) is 12.4 Å². The van der Waals surface area contributed by atoms with Gasteiger partial charge in [-0.1, -0.05) is 51.7 Å². The van der Waals surface area contributed by atoms with Crippen molar-refractivity contribution in [2.75, 3.05) is 6.54 Å². The third-order valence-electron chi connectivity index (χ3n) is 2.25. The summed E-state index contributed by atoms with van der Waals surface area (Å²) in [6.07, 6.45) is 10.8. The van der Waals surface area contributed by atoms with E-state index in [1.807, 2.05) is 6.21 Å². The Hall–Kier alpha value is -0.590. The molecule has 0 spiro atoms. The van der Waals surface area contributed by atoms with Gasteiger partial charge in [0.1, 0.15) is 0 Å². The van der Waals surface area contributed by atoms with Crippen molar-refractivity contribution in [1.82, 2.24) is 0 Å². The van der Waals surface area contributed by atoms with Crippen molar-refractivity contribution >= 4 is 6.21 Å². The maximum Gasteiger partial charge on any atom is 0.0593 e. The molecule has 0 aromatic heterocycles. The van der Waals surface area contributed by atoms with E-state index in [1.54, 1.807) is 0 Å². The second-order valence-electron chi connectivity index (χ2n) is 3.87. The smallest absolute Gasteiger partial charge is 0.0593 e. The molecule has 0 unspecified atom stereocenters. The average Bonchev–Trinajstić information content (AvgIpc) is 2.19. The molecule has 0 aliphatic rings. The molecular formula is C13H25N. The van der Waals surface area contributed by atoms with Gasteiger partial charge in [-0.2, -0.15) is 0 Å². The number of rotatable bonds is 9. The van der Waals surface area contributed by atoms with Gasteiger partial charge in [-0.15, -0.1) is 0 Å². The van der Waals surface area contributed by atoms with Crippen LogP contribution in [0.15, 0.2) is 17.1 Å². The summed E-state index contributed by atoms with van der Waals surface area (Å²) in [6.45, 7) is 9.29. The highest BCUT2D eigenvalue weighted by atomic mass is 14.7. The van der Waals surface area contributed by atoms with Gasteiger partial charge in [0.05, 0.1) is 6.54 Å². The molecular weight excluding hydrogens is 170 g/mol. The normalized spacial score (nSPS) is 11.0. The molecule has 0 bridgehead atoms. The second-order valence-corrected chi connectivity index (χ2v) is 3.87. The van der Waals surface area contributed by atoms with Gasteiger partial charge in [-0.05, 0) is 25.5 Å². The van der Waals surface area contributed by atoms with Crippen LogP contribution in [0.1, 0.15) is 58.8 Å². The van der Waals surface area contributed by atoms with Crippen molar-refractivity contribution in [3.05, 3.63) is 12.2 Å². The predicted molar refractivity (Wildman–Crippen MR) is 66.2 cm³/mol. The highest BCUT2D eigenvalue weighted by Crippen LogP contribution is 2.08. The minimum atomic E-state index is 0.839. The van der Waals surface area contributed by atoms with Crippen LogP contribution in [-0.4, -0.2) is 12.8 Å². The molecule has 0 saturated carbocycles. The predicted octanol–water partition coefficient (Wildman–Crippen LogP) is 4.38. The summed E-state index contributed by atoms with van der Waals surface area (Å²) in [5.41, 5.74) is 1.29. The summed E-state index contributed by atoms with van der Waals surface area (Å²) >= 11 is 0. The van der Waals surface area contributed by atoms with Crippen LogP contribution in [0.2, 0.25) is 0 Å². The first kappa shape index (κ1) is 13.4. The van der Waals surface area contributed by atoms with Gasteiger partial charge in [0.15, 0.2) is 0 Å². The van der Waals surface area contributed by atoms with E-state index in [9.17, 15) is 0 Å². The molecule has 0 aromatic rings. The summed E-state index contributed by atoms with van der Waals surface area (Å²) in [7, 11) is 0. The van der Waals surface area contributed by atoms with E-state index in [-0.39, 0.29) is 0 Å². The van der Waals surface area contributed by atoms with Gasteiger partial charge in [0.25, 0.3) is 0 Å². The first-order valence-electron chi connectivity index (χ1n) is 5.96. The monoisotopic (exact) mass is 195 g/mol. The Balaban J connectivity index is 3.28. The summed E-state index contributed by atoms with van der Waals surface area (Å²) in [6, 6.07) is 0. The summed E-state index contributed by atoms with van der Waals surface area (Å²) in [5, 5.41) is 0. The second kappa shape index (κ2) is 10.5. The highest BCUT2D eigenvalue weighted by Gasteiger charge is 1.92. The van der Waals surface area contributed by atoms with Crippen molar-refractivity contribution in [3.63, 3.8) is 0 Å². The van der Waals surface area contributed by atoms with Crippen LogP contribution in [0.4, 0.5) is 0 Å². The molecule has 0 aliphatic heterocycles. The third kappa shape index (κ3) is 9.50. The van der Waals surface area contributed by atoms with Crippen molar-refractivity contribution in [3.8, 4) is 0 Å². The molecule has 0 aliphatic carbocycles. The molecule has 0 radical (unpaired) electrons. The van der Waals surface area contributed by atoms with E-state index in [4.69, 9.17) is 0 Å². The van der Waals surface area contributed by atoms with Gasteiger partial charge in [0, 0.05) is 0 Å². The Morgan fingerprint density at radius 3 is 2.57 bits per heavy atom. The molecule has 0 saturated heterocycles. The summed E-state index contributed by atoms with van der Waals surface area (Å²) in [5.74, 6) is 0. The number of hydrogen-bond acceptors (Lipinski definition) is 1. The molecule has 14 heavy (non-hydrogen) atoms. The Labute approximate surface area is 89.3 Å². The lowest BCUT2D eigenvalue weighted by Crippen LogP contribution is -1.88. The first-order chi connectivity index (χ1) is 6.81. The number of hydrogen-bond donors (Lipinski definition) is 0. The zero-order valence-corrected chi connectivity index (χ0v) is 9.89. The largest absolute Gasteiger partial charge is 0.293 e. The van der Waals surface area contributed by atoms with E-state index >= 15 is 0 Å². The Morgan fingerprint density at radius 2 is 1.93 bits per heavy atom. The quantitative estimate of drug-likeness (QED) is 0.294. The molecule has 1 nitrogen and oxygen atoms in total. The van der Waals surface area contributed by atoms with Gasteiger partial charge in [0.2, 0.25) is 0 Å².